The molecule has 1 aromatic heterocycles. The molecule has 0 radical (unpaired) electrons. The van der Waals surface area contributed by atoms with Gasteiger partial charge in [0.1, 0.15) is 6.54 Å². The first-order valence-electron chi connectivity index (χ1n) is 5.71. The number of amides is 2. The number of carbonyl (C=O) groups excluding carboxylic acids is 2. The van der Waals surface area contributed by atoms with Crippen LogP contribution in [0.2, 0.25) is 0 Å². The molecule has 0 spiro atoms. The van der Waals surface area contributed by atoms with Gasteiger partial charge in [0.15, 0.2) is 0 Å². The third kappa shape index (κ3) is 3.22. The van der Waals surface area contributed by atoms with Crippen molar-refractivity contribution in [3.63, 3.8) is 0 Å². The Morgan fingerprint density at radius 1 is 1.50 bits per heavy atom. The zero-order valence-corrected chi connectivity index (χ0v) is 11.0. The number of thioether (sulfide) groups is 1. The fourth-order valence-corrected chi connectivity index (χ4v) is 2.53. The first-order chi connectivity index (χ1) is 8.66. The molecule has 0 atom stereocenters. The van der Waals surface area contributed by atoms with Crippen molar-refractivity contribution in [2.75, 3.05) is 25.9 Å². The number of aromatic nitrogens is 1. The molecule has 1 aliphatic heterocycles. The summed E-state index contributed by atoms with van der Waals surface area (Å²) in [6.07, 6.45) is 3.41. The van der Waals surface area contributed by atoms with Crippen LogP contribution in [0.25, 0.3) is 0 Å². The first kappa shape index (κ1) is 12.9. The van der Waals surface area contributed by atoms with Crippen LogP contribution in [0.4, 0.5) is 4.79 Å². The van der Waals surface area contributed by atoms with Crippen LogP contribution in [-0.2, 0) is 11.3 Å². The predicted octanol–water partition coefficient (Wildman–Crippen LogP) is 1.21. The van der Waals surface area contributed by atoms with E-state index >= 15 is 0 Å². The second kappa shape index (κ2) is 5.86. The van der Waals surface area contributed by atoms with E-state index in [-0.39, 0.29) is 17.7 Å². The molecular formula is C12H15N3O2S. The van der Waals surface area contributed by atoms with Gasteiger partial charge in [-0.1, -0.05) is 11.8 Å². The lowest BCUT2D eigenvalue weighted by molar-refractivity contribution is -0.130. The first-order valence-corrected chi connectivity index (χ1v) is 6.70. The highest BCUT2D eigenvalue weighted by Gasteiger charge is 2.24. The minimum Gasteiger partial charge on any atom is -0.340 e. The summed E-state index contributed by atoms with van der Waals surface area (Å²) in [5.41, 5.74) is 1.03. The Hall–Kier alpha value is -1.56. The van der Waals surface area contributed by atoms with Crippen LogP contribution in [0.1, 0.15) is 5.56 Å². The molecule has 1 aromatic rings. The third-order valence-electron chi connectivity index (χ3n) is 2.77. The highest BCUT2D eigenvalue weighted by atomic mass is 32.2. The number of hydrogen-bond acceptors (Lipinski definition) is 4. The molecule has 18 heavy (non-hydrogen) atoms. The Kier molecular flexibility index (Phi) is 4.19. The summed E-state index contributed by atoms with van der Waals surface area (Å²) < 4.78 is 0. The molecule has 0 bridgehead atoms. The van der Waals surface area contributed by atoms with E-state index in [0.717, 1.165) is 11.3 Å². The SMILES string of the molecule is CN(Cc1ccncc1)C(=O)CN1CCSC1=O. The number of likely N-dealkylation sites (N-methyl/N-ethyl adjacent to an activating group) is 1. The molecule has 0 aromatic carbocycles. The Morgan fingerprint density at radius 2 is 2.22 bits per heavy atom. The Bertz CT molecular complexity index is 438. The number of rotatable bonds is 4. The molecule has 0 unspecified atom stereocenters. The van der Waals surface area contributed by atoms with Gasteiger partial charge in [0.2, 0.25) is 5.91 Å². The van der Waals surface area contributed by atoms with Crippen LogP contribution >= 0.6 is 11.8 Å². The van der Waals surface area contributed by atoms with Crippen LogP contribution in [0.5, 0.6) is 0 Å². The number of hydrogen-bond donors (Lipinski definition) is 0. The van der Waals surface area contributed by atoms with E-state index in [2.05, 4.69) is 4.98 Å². The van der Waals surface area contributed by atoms with Crippen molar-refractivity contribution in [2.45, 2.75) is 6.54 Å². The highest BCUT2D eigenvalue weighted by molar-refractivity contribution is 8.13. The topological polar surface area (TPSA) is 53.5 Å². The minimum absolute atomic E-state index is 0.000612. The van der Waals surface area contributed by atoms with Gasteiger partial charge >= 0.3 is 0 Å². The van der Waals surface area contributed by atoms with Crippen LogP contribution in [0, 0.1) is 0 Å². The smallest absolute Gasteiger partial charge is 0.282 e. The van der Waals surface area contributed by atoms with Gasteiger partial charge in [0.25, 0.3) is 5.24 Å². The van der Waals surface area contributed by atoms with E-state index in [1.54, 1.807) is 29.2 Å². The summed E-state index contributed by atoms with van der Waals surface area (Å²) in [4.78, 5) is 30.5. The normalized spacial score (nSPS) is 14.9. The highest BCUT2D eigenvalue weighted by Crippen LogP contribution is 2.16. The molecule has 2 rings (SSSR count). The van der Waals surface area contributed by atoms with Crippen molar-refractivity contribution in [1.29, 1.82) is 0 Å². The summed E-state index contributed by atoms with van der Waals surface area (Å²) in [7, 11) is 1.75. The molecular weight excluding hydrogens is 250 g/mol. The molecule has 0 aliphatic carbocycles. The molecule has 0 N–H and O–H groups in total. The van der Waals surface area contributed by atoms with Crippen LogP contribution < -0.4 is 0 Å². The molecule has 6 heteroatoms. The summed E-state index contributed by atoms with van der Waals surface area (Å²) >= 11 is 1.27. The second-order valence-electron chi connectivity index (χ2n) is 4.14. The maximum atomic E-state index is 12.0. The lowest BCUT2D eigenvalue weighted by Crippen LogP contribution is -2.38. The van der Waals surface area contributed by atoms with E-state index in [9.17, 15) is 9.59 Å². The number of pyridine rings is 1. The van der Waals surface area contributed by atoms with Crippen molar-refractivity contribution in [3.05, 3.63) is 30.1 Å². The standard InChI is InChI=1S/C12H15N3O2S/c1-14(8-10-2-4-13-5-3-10)11(16)9-15-6-7-18-12(15)17/h2-5H,6-9H2,1H3. The van der Waals surface area contributed by atoms with Crippen molar-refractivity contribution >= 4 is 22.9 Å². The maximum Gasteiger partial charge on any atom is 0.282 e. The molecule has 5 nitrogen and oxygen atoms in total. The average molecular weight is 265 g/mol. The lowest BCUT2D eigenvalue weighted by atomic mass is 10.2. The van der Waals surface area contributed by atoms with E-state index in [1.165, 1.54) is 11.8 Å². The van der Waals surface area contributed by atoms with Gasteiger partial charge in [-0.25, -0.2) is 0 Å². The lowest BCUT2D eigenvalue weighted by Gasteiger charge is -2.21. The third-order valence-corrected chi connectivity index (χ3v) is 3.66. The van der Waals surface area contributed by atoms with Gasteiger partial charge in [0.05, 0.1) is 0 Å². The van der Waals surface area contributed by atoms with Crippen molar-refractivity contribution in [2.24, 2.45) is 0 Å². The summed E-state index contributed by atoms with van der Waals surface area (Å²) in [6, 6.07) is 3.75. The summed E-state index contributed by atoms with van der Waals surface area (Å²) in [5, 5.41) is 0.000612. The van der Waals surface area contributed by atoms with E-state index in [4.69, 9.17) is 0 Å². The molecule has 0 saturated carbocycles. The van der Waals surface area contributed by atoms with E-state index in [0.29, 0.717) is 13.1 Å². The maximum absolute atomic E-state index is 12.0. The fourth-order valence-electron chi connectivity index (χ4n) is 1.70. The Balaban J connectivity index is 1.87. The molecule has 2 amide bonds. The van der Waals surface area contributed by atoms with Crippen LogP contribution in [0.15, 0.2) is 24.5 Å². The molecule has 1 aliphatic rings. The largest absolute Gasteiger partial charge is 0.340 e. The van der Waals surface area contributed by atoms with Crippen LogP contribution in [-0.4, -0.2) is 51.8 Å². The number of carbonyl (C=O) groups is 2. The number of nitrogens with zero attached hydrogens (tertiary/aromatic N) is 3. The Morgan fingerprint density at radius 3 is 2.83 bits per heavy atom. The van der Waals surface area contributed by atoms with Gasteiger partial charge in [-0.15, -0.1) is 0 Å². The van der Waals surface area contributed by atoms with Crippen molar-refractivity contribution < 1.29 is 9.59 Å². The van der Waals surface area contributed by atoms with Crippen molar-refractivity contribution in [1.82, 2.24) is 14.8 Å². The van der Waals surface area contributed by atoms with E-state index in [1.807, 2.05) is 12.1 Å². The van der Waals surface area contributed by atoms with E-state index < -0.39 is 0 Å². The Labute approximate surface area is 110 Å². The second-order valence-corrected chi connectivity index (χ2v) is 5.19. The van der Waals surface area contributed by atoms with Crippen LogP contribution in [0.3, 0.4) is 0 Å². The van der Waals surface area contributed by atoms with Gasteiger partial charge in [-0.3, -0.25) is 14.6 Å². The average Bonchev–Trinajstić information content (AvgIpc) is 2.76. The zero-order chi connectivity index (χ0) is 13.0. The van der Waals surface area contributed by atoms with Gasteiger partial charge in [-0.05, 0) is 17.7 Å². The van der Waals surface area contributed by atoms with Gasteiger partial charge in [-0.2, -0.15) is 0 Å². The molecule has 2 heterocycles. The minimum atomic E-state index is -0.0392. The molecule has 96 valence electrons. The zero-order valence-electron chi connectivity index (χ0n) is 10.2. The van der Waals surface area contributed by atoms with Gasteiger partial charge < -0.3 is 9.80 Å². The van der Waals surface area contributed by atoms with Gasteiger partial charge in [0, 0.05) is 38.3 Å². The summed E-state index contributed by atoms with van der Waals surface area (Å²) in [6.45, 7) is 1.38. The predicted molar refractivity (Wildman–Crippen MR) is 70.1 cm³/mol. The fraction of sp³-hybridized carbons (Fsp3) is 0.417. The summed E-state index contributed by atoms with van der Waals surface area (Å²) in [5.74, 6) is 0.739. The quantitative estimate of drug-likeness (QED) is 0.821. The van der Waals surface area contributed by atoms with Crippen molar-refractivity contribution in [3.8, 4) is 0 Å². The monoisotopic (exact) mass is 265 g/mol. The molecule has 1 fully saturated rings. The molecule has 1 saturated heterocycles.